The van der Waals surface area contributed by atoms with Crippen LogP contribution in [0.25, 0.3) is 11.0 Å². The second-order valence-electron chi connectivity index (χ2n) is 10.4. The van der Waals surface area contributed by atoms with E-state index in [4.69, 9.17) is 9.15 Å². The molecule has 0 fully saturated rings. The quantitative estimate of drug-likeness (QED) is 0.190. The number of benzene rings is 1. The van der Waals surface area contributed by atoms with Crippen molar-refractivity contribution in [3.63, 3.8) is 0 Å². The molecule has 0 saturated carbocycles. The summed E-state index contributed by atoms with van der Waals surface area (Å²) in [7, 11) is 1.31. The summed E-state index contributed by atoms with van der Waals surface area (Å²) in [6, 6.07) is 12.8. The Morgan fingerprint density at radius 2 is 1.95 bits per heavy atom. The zero-order valence-corrected chi connectivity index (χ0v) is 23.4. The van der Waals surface area contributed by atoms with Gasteiger partial charge in [0.2, 0.25) is 0 Å². The van der Waals surface area contributed by atoms with E-state index in [2.05, 4.69) is 41.3 Å². The monoisotopic (exact) mass is 542 g/mol. The van der Waals surface area contributed by atoms with Gasteiger partial charge in [0.25, 0.3) is 5.91 Å². The van der Waals surface area contributed by atoms with Crippen LogP contribution in [0.5, 0.6) is 0 Å². The first-order valence-electron chi connectivity index (χ1n) is 13.1. The molecule has 0 aliphatic heterocycles. The summed E-state index contributed by atoms with van der Waals surface area (Å²) >= 11 is 0. The zero-order chi connectivity index (χ0) is 28.9. The smallest absolute Gasteiger partial charge is 0.356 e. The summed E-state index contributed by atoms with van der Waals surface area (Å²) in [5.74, 6) is 5.23. The fourth-order valence-electron chi connectivity index (χ4n) is 4.08. The molecule has 4 aromatic rings. The molecule has 4 rings (SSSR count). The fourth-order valence-corrected chi connectivity index (χ4v) is 4.08. The molecule has 40 heavy (non-hydrogen) atoms. The fraction of sp³-hybridized carbons (Fsp3) is 0.323. The van der Waals surface area contributed by atoms with Crippen molar-refractivity contribution in [1.29, 1.82) is 0 Å². The first-order valence-corrected chi connectivity index (χ1v) is 13.1. The van der Waals surface area contributed by atoms with Crippen LogP contribution in [0.15, 0.2) is 59.3 Å². The minimum atomic E-state index is -1.05. The molecule has 208 valence electrons. The predicted molar refractivity (Wildman–Crippen MR) is 154 cm³/mol. The van der Waals surface area contributed by atoms with Crippen LogP contribution in [0.2, 0.25) is 0 Å². The van der Waals surface area contributed by atoms with Crippen LogP contribution in [0.3, 0.4) is 0 Å². The van der Waals surface area contributed by atoms with E-state index in [0.29, 0.717) is 41.4 Å². The van der Waals surface area contributed by atoms with Gasteiger partial charge in [-0.3, -0.25) is 4.79 Å². The van der Waals surface area contributed by atoms with Crippen molar-refractivity contribution in [2.45, 2.75) is 52.8 Å². The number of furan rings is 1. The molecule has 3 N–H and O–H groups in total. The van der Waals surface area contributed by atoms with Gasteiger partial charge in [0.05, 0.1) is 30.9 Å². The molecule has 0 bridgehead atoms. The van der Waals surface area contributed by atoms with Gasteiger partial charge in [-0.15, -0.1) is 0 Å². The van der Waals surface area contributed by atoms with Crippen LogP contribution in [0, 0.1) is 17.8 Å². The summed E-state index contributed by atoms with van der Waals surface area (Å²) in [6.45, 7) is 8.53. The molecule has 0 radical (unpaired) electrons. The molecule has 0 atom stereocenters. The number of ether oxygens (including phenoxy) is 1. The van der Waals surface area contributed by atoms with Crippen molar-refractivity contribution in [3.8, 4) is 11.8 Å². The number of aromatic nitrogens is 2. The first kappa shape index (κ1) is 28.5. The van der Waals surface area contributed by atoms with E-state index in [9.17, 15) is 14.7 Å². The number of aliphatic hydroxyl groups is 1. The largest absolute Gasteiger partial charge is 0.464 e. The van der Waals surface area contributed by atoms with E-state index in [1.54, 1.807) is 36.7 Å². The number of esters is 1. The number of aryl methyl sites for hydroxylation is 1. The highest BCUT2D eigenvalue weighted by Gasteiger charge is 2.27. The SMILES string of the molecule is COC(=O)c1c(NC(=O)c2ccco2)c2cc(NCc3ccc(C#CC(C)(C)O)cc3)cnc2n1CCC(C)C. The molecule has 0 aliphatic rings. The van der Waals surface area contributed by atoms with E-state index in [0.717, 1.165) is 17.5 Å². The third-order valence-corrected chi connectivity index (χ3v) is 6.15. The molecule has 0 saturated heterocycles. The van der Waals surface area contributed by atoms with E-state index in [1.165, 1.54) is 13.4 Å². The number of methoxy groups -OCH3 is 1. The second-order valence-corrected chi connectivity index (χ2v) is 10.4. The average Bonchev–Trinajstić information content (AvgIpc) is 3.56. The van der Waals surface area contributed by atoms with Gasteiger partial charge in [0, 0.05) is 24.0 Å². The Morgan fingerprint density at radius 3 is 2.58 bits per heavy atom. The topological polar surface area (TPSA) is 119 Å². The summed E-state index contributed by atoms with van der Waals surface area (Å²) in [4.78, 5) is 30.6. The van der Waals surface area contributed by atoms with Crippen LogP contribution in [-0.2, 0) is 17.8 Å². The lowest BCUT2D eigenvalue weighted by Gasteiger charge is -2.12. The molecule has 9 heteroatoms. The zero-order valence-electron chi connectivity index (χ0n) is 23.4. The van der Waals surface area contributed by atoms with Crippen molar-refractivity contribution >= 4 is 34.3 Å². The summed E-state index contributed by atoms with van der Waals surface area (Å²) in [5.41, 5.74) is 2.60. The van der Waals surface area contributed by atoms with Gasteiger partial charge in [-0.2, -0.15) is 0 Å². The van der Waals surface area contributed by atoms with Gasteiger partial charge < -0.3 is 29.5 Å². The number of hydrogen-bond donors (Lipinski definition) is 3. The Balaban J connectivity index is 1.67. The van der Waals surface area contributed by atoms with Crippen molar-refractivity contribution in [1.82, 2.24) is 9.55 Å². The van der Waals surface area contributed by atoms with E-state index >= 15 is 0 Å². The molecule has 9 nitrogen and oxygen atoms in total. The lowest BCUT2D eigenvalue weighted by atomic mass is 10.1. The lowest BCUT2D eigenvalue weighted by molar-refractivity contribution is 0.0589. The van der Waals surface area contributed by atoms with Gasteiger partial charge in [-0.25, -0.2) is 9.78 Å². The third kappa shape index (κ3) is 6.90. The Bertz CT molecular complexity index is 1550. The maximum atomic E-state index is 13.0. The normalized spacial score (nSPS) is 11.3. The summed E-state index contributed by atoms with van der Waals surface area (Å²) in [6.07, 6.45) is 3.92. The minimum Gasteiger partial charge on any atom is -0.464 e. The number of carbonyl (C=O) groups excluding carboxylic acids is 2. The number of rotatable bonds is 9. The van der Waals surface area contributed by atoms with Crippen molar-refractivity contribution in [2.24, 2.45) is 5.92 Å². The van der Waals surface area contributed by atoms with Gasteiger partial charge >= 0.3 is 5.97 Å². The highest BCUT2D eigenvalue weighted by molar-refractivity contribution is 6.14. The number of fused-ring (bicyclic) bond motifs is 1. The molecule has 3 aromatic heterocycles. The standard InChI is InChI=1S/C31H34N4O5/c1-20(2)13-15-35-27(30(37)39-5)26(34-29(36)25-7-6-16-40-25)24-17-23(19-33-28(24)35)32-18-22-10-8-21(9-11-22)12-14-31(3,4)38/h6-11,16-17,19-20,32,38H,13,15,18H2,1-5H3,(H,34,36). The van der Waals surface area contributed by atoms with Gasteiger partial charge in [-0.05, 0) is 62.1 Å². The summed E-state index contributed by atoms with van der Waals surface area (Å²) < 4.78 is 12.2. The number of pyridine rings is 1. The van der Waals surface area contributed by atoms with E-state index in [1.807, 2.05) is 30.3 Å². The van der Waals surface area contributed by atoms with Gasteiger partial charge in [-0.1, -0.05) is 37.8 Å². The maximum Gasteiger partial charge on any atom is 0.356 e. The minimum absolute atomic E-state index is 0.122. The average molecular weight is 543 g/mol. The molecular formula is C31H34N4O5. The molecule has 1 aromatic carbocycles. The molecule has 0 aliphatic carbocycles. The van der Waals surface area contributed by atoms with Crippen LogP contribution < -0.4 is 10.6 Å². The van der Waals surface area contributed by atoms with Crippen molar-refractivity contribution in [2.75, 3.05) is 17.7 Å². The maximum absolute atomic E-state index is 13.0. The van der Waals surface area contributed by atoms with Gasteiger partial charge in [0.1, 0.15) is 11.2 Å². The molecule has 3 heterocycles. The number of anilines is 2. The number of hydrogen-bond acceptors (Lipinski definition) is 7. The van der Waals surface area contributed by atoms with Crippen molar-refractivity contribution in [3.05, 3.63) is 77.5 Å². The number of nitrogens with zero attached hydrogens (tertiary/aromatic N) is 2. The van der Waals surface area contributed by atoms with Crippen molar-refractivity contribution < 1.29 is 23.8 Å². The number of carbonyl (C=O) groups is 2. The second kappa shape index (κ2) is 12.1. The Kier molecular flexibility index (Phi) is 8.61. The number of nitrogens with one attached hydrogen (secondary N) is 2. The summed E-state index contributed by atoms with van der Waals surface area (Å²) in [5, 5.41) is 16.6. The first-order chi connectivity index (χ1) is 19.1. The Hall–Kier alpha value is -4.55. The highest BCUT2D eigenvalue weighted by Crippen LogP contribution is 2.33. The van der Waals surface area contributed by atoms with Crippen LogP contribution in [0.1, 0.15) is 66.3 Å². The third-order valence-electron chi connectivity index (χ3n) is 6.15. The van der Waals surface area contributed by atoms with E-state index in [-0.39, 0.29) is 11.5 Å². The molecular weight excluding hydrogens is 508 g/mol. The van der Waals surface area contributed by atoms with Gasteiger partial charge in [0.15, 0.2) is 11.5 Å². The molecule has 0 spiro atoms. The highest BCUT2D eigenvalue weighted by atomic mass is 16.5. The molecule has 1 amide bonds. The van der Waals surface area contributed by atoms with Crippen LogP contribution >= 0.6 is 0 Å². The van der Waals surface area contributed by atoms with Crippen LogP contribution in [0.4, 0.5) is 11.4 Å². The molecule has 0 unspecified atom stereocenters. The lowest BCUT2D eigenvalue weighted by Crippen LogP contribution is -2.17. The van der Waals surface area contributed by atoms with Crippen LogP contribution in [-0.4, -0.2) is 39.2 Å². The van der Waals surface area contributed by atoms with E-state index < -0.39 is 17.5 Å². The Morgan fingerprint density at radius 1 is 1.20 bits per heavy atom. The number of amides is 1. The predicted octanol–water partition coefficient (Wildman–Crippen LogP) is 5.45. The Labute approximate surface area is 233 Å².